The highest BCUT2D eigenvalue weighted by Gasteiger charge is 2.21. The van der Waals surface area contributed by atoms with E-state index in [0.717, 1.165) is 11.4 Å². The number of hydrogen-bond donors (Lipinski definition) is 0. The Kier molecular flexibility index (Phi) is 4.57. The van der Waals surface area contributed by atoms with Gasteiger partial charge in [-0.3, -0.25) is 0 Å². The second-order valence-electron chi connectivity index (χ2n) is 4.78. The van der Waals surface area contributed by atoms with E-state index in [0.29, 0.717) is 12.4 Å². The zero-order valence-electron chi connectivity index (χ0n) is 12.7. The van der Waals surface area contributed by atoms with E-state index >= 15 is 0 Å². The first-order valence-corrected chi connectivity index (χ1v) is 6.85. The minimum absolute atomic E-state index is 0.123. The summed E-state index contributed by atoms with van der Waals surface area (Å²) < 4.78 is 11.7. The zero-order chi connectivity index (χ0) is 15.4. The Morgan fingerprint density at radius 1 is 1.29 bits per heavy atom. The Bertz CT molecular complexity index is 618. The average Bonchev–Trinajstić information content (AvgIpc) is 2.93. The van der Waals surface area contributed by atoms with Crippen molar-refractivity contribution < 1.29 is 14.3 Å². The van der Waals surface area contributed by atoms with E-state index in [2.05, 4.69) is 10.1 Å². The molecule has 2 aromatic rings. The van der Waals surface area contributed by atoms with Crippen LogP contribution in [0, 0.1) is 0 Å². The molecule has 0 spiro atoms. The Labute approximate surface area is 123 Å². The van der Waals surface area contributed by atoms with Crippen LogP contribution in [0.4, 0.5) is 0 Å². The van der Waals surface area contributed by atoms with Gasteiger partial charge in [0.2, 0.25) is 5.82 Å². The van der Waals surface area contributed by atoms with E-state index in [4.69, 9.17) is 9.47 Å². The molecule has 0 aliphatic heterocycles. The normalized spacial score (nSPS) is 10.7. The molecule has 0 bridgehead atoms. The molecule has 0 saturated carbocycles. The van der Waals surface area contributed by atoms with Gasteiger partial charge in [0, 0.05) is 5.92 Å². The number of carbonyl (C=O) groups excluding carboxylic acids is 1. The van der Waals surface area contributed by atoms with Crippen molar-refractivity contribution in [3.05, 3.63) is 35.9 Å². The van der Waals surface area contributed by atoms with Gasteiger partial charge in [-0.05, 0) is 31.2 Å². The number of hydrogen-bond acceptors (Lipinski definition) is 5. The molecule has 6 heteroatoms. The fraction of sp³-hybridized carbons (Fsp3) is 0.400. The van der Waals surface area contributed by atoms with Gasteiger partial charge < -0.3 is 9.47 Å². The Hall–Kier alpha value is -2.37. The van der Waals surface area contributed by atoms with Gasteiger partial charge in [-0.15, -0.1) is 0 Å². The molecule has 0 radical (unpaired) electrons. The molecule has 0 fully saturated rings. The third-order valence-electron chi connectivity index (χ3n) is 2.91. The van der Waals surface area contributed by atoms with E-state index in [1.165, 1.54) is 4.68 Å². The summed E-state index contributed by atoms with van der Waals surface area (Å²) in [4.78, 5) is 16.3. The van der Waals surface area contributed by atoms with Gasteiger partial charge in [0.15, 0.2) is 5.82 Å². The van der Waals surface area contributed by atoms with Gasteiger partial charge in [-0.1, -0.05) is 13.8 Å². The molecule has 0 amide bonds. The SMILES string of the molecule is CCOC(=O)c1nc(C(C)C)nn1-c1ccc(OC)cc1. The summed E-state index contributed by atoms with van der Waals surface area (Å²) in [5.74, 6) is 1.17. The zero-order valence-corrected chi connectivity index (χ0v) is 12.7. The molecule has 0 unspecified atom stereocenters. The summed E-state index contributed by atoms with van der Waals surface area (Å²) in [6.45, 7) is 6.01. The van der Waals surface area contributed by atoms with Gasteiger partial charge in [-0.2, -0.15) is 5.10 Å². The first-order valence-electron chi connectivity index (χ1n) is 6.85. The van der Waals surface area contributed by atoms with Crippen LogP contribution < -0.4 is 4.74 Å². The summed E-state index contributed by atoms with van der Waals surface area (Å²) in [6, 6.07) is 7.25. The standard InChI is InChI=1S/C15H19N3O3/c1-5-21-15(19)14-16-13(10(2)3)17-18(14)11-6-8-12(20-4)9-7-11/h6-10H,5H2,1-4H3. The minimum Gasteiger partial charge on any atom is -0.497 e. The van der Waals surface area contributed by atoms with E-state index < -0.39 is 5.97 Å². The number of aromatic nitrogens is 3. The van der Waals surface area contributed by atoms with Gasteiger partial charge in [0.05, 0.1) is 19.4 Å². The van der Waals surface area contributed by atoms with Crippen molar-refractivity contribution >= 4 is 5.97 Å². The monoisotopic (exact) mass is 289 g/mol. The molecule has 6 nitrogen and oxygen atoms in total. The number of esters is 1. The number of rotatable bonds is 5. The first kappa shape index (κ1) is 15.0. The molecule has 1 aromatic carbocycles. The van der Waals surface area contributed by atoms with E-state index in [1.807, 2.05) is 26.0 Å². The fourth-order valence-corrected chi connectivity index (χ4v) is 1.80. The topological polar surface area (TPSA) is 66.2 Å². The van der Waals surface area contributed by atoms with Crippen molar-refractivity contribution in [1.29, 1.82) is 0 Å². The van der Waals surface area contributed by atoms with Crippen molar-refractivity contribution in [1.82, 2.24) is 14.8 Å². The van der Waals surface area contributed by atoms with Crippen LogP contribution in [0.1, 0.15) is 43.1 Å². The van der Waals surface area contributed by atoms with Crippen LogP contribution >= 0.6 is 0 Å². The van der Waals surface area contributed by atoms with Crippen LogP contribution in [0.5, 0.6) is 5.75 Å². The van der Waals surface area contributed by atoms with Crippen LogP contribution in [-0.2, 0) is 4.74 Å². The number of benzene rings is 1. The van der Waals surface area contributed by atoms with Crippen LogP contribution in [-0.4, -0.2) is 34.5 Å². The van der Waals surface area contributed by atoms with Gasteiger partial charge in [0.1, 0.15) is 5.75 Å². The van der Waals surface area contributed by atoms with Crippen molar-refractivity contribution in [3.63, 3.8) is 0 Å². The second kappa shape index (κ2) is 6.39. The summed E-state index contributed by atoms with van der Waals surface area (Å²) >= 11 is 0. The second-order valence-corrected chi connectivity index (χ2v) is 4.78. The summed E-state index contributed by atoms with van der Waals surface area (Å²) in [5, 5.41) is 4.40. The quantitative estimate of drug-likeness (QED) is 0.791. The molecule has 0 atom stereocenters. The van der Waals surface area contributed by atoms with Crippen molar-refractivity contribution in [2.24, 2.45) is 0 Å². The van der Waals surface area contributed by atoms with Crippen LogP contribution in [0.15, 0.2) is 24.3 Å². The maximum Gasteiger partial charge on any atom is 0.376 e. The van der Waals surface area contributed by atoms with Gasteiger partial charge in [-0.25, -0.2) is 14.5 Å². The third-order valence-corrected chi connectivity index (χ3v) is 2.91. The molecule has 112 valence electrons. The van der Waals surface area contributed by atoms with Crippen molar-refractivity contribution in [2.75, 3.05) is 13.7 Å². The molecular formula is C15H19N3O3. The highest BCUT2D eigenvalue weighted by molar-refractivity contribution is 5.86. The number of methoxy groups -OCH3 is 1. The Morgan fingerprint density at radius 3 is 2.48 bits per heavy atom. The minimum atomic E-state index is -0.479. The van der Waals surface area contributed by atoms with E-state index in [-0.39, 0.29) is 11.7 Å². The lowest BCUT2D eigenvalue weighted by molar-refractivity contribution is 0.0508. The number of ether oxygens (including phenoxy) is 2. The molecule has 0 aliphatic rings. The molecule has 0 N–H and O–H groups in total. The molecular weight excluding hydrogens is 270 g/mol. The number of nitrogens with zero attached hydrogens (tertiary/aromatic N) is 3. The van der Waals surface area contributed by atoms with Crippen molar-refractivity contribution in [3.8, 4) is 11.4 Å². The predicted molar refractivity (Wildman–Crippen MR) is 78.0 cm³/mol. The van der Waals surface area contributed by atoms with Gasteiger partial charge >= 0.3 is 5.97 Å². The lowest BCUT2D eigenvalue weighted by Gasteiger charge is -2.06. The highest BCUT2D eigenvalue weighted by atomic mass is 16.5. The summed E-state index contributed by atoms with van der Waals surface area (Å²) in [7, 11) is 1.60. The van der Waals surface area contributed by atoms with Crippen molar-refractivity contribution in [2.45, 2.75) is 26.7 Å². The molecule has 0 saturated heterocycles. The molecule has 1 heterocycles. The lowest BCUT2D eigenvalue weighted by Crippen LogP contribution is -2.13. The van der Waals surface area contributed by atoms with Crippen LogP contribution in [0.3, 0.4) is 0 Å². The van der Waals surface area contributed by atoms with Crippen LogP contribution in [0.2, 0.25) is 0 Å². The fourth-order valence-electron chi connectivity index (χ4n) is 1.80. The smallest absolute Gasteiger partial charge is 0.376 e. The third kappa shape index (κ3) is 3.21. The summed E-state index contributed by atoms with van der Waals surface area (Å²) in [5.41, 5.74) is 0.734. The highest BCUT2D eigenvalue weighted by Crippen LogP contribution is 2.18. The van der Waals surface area contributed by atoms with E-state index in [9.17, 15) is 4.79 Å². The maximum absolute atomic E-state index is 12.0. The first-order chi connectivity index (χ1) is 10.1. The average molecular weight is 289 g/mol. The molecule has 2 rings (SSSR count). The molecule has 0 aliphatic carbocycles. The van der Waals surface area contributed by atoms with E-state index in [1.54, 1.807) is 26.2 Å². The predicted octanol–water partition coefficient (Wildman–Crippen LogP) is 2.58. The molecule has 1 aromatic heterocycles. The molecule has 21 heavy (non-hydrogen) atoms. The van der Waals surface area contributed by atoms with Gasteiger partial charge in [0.25, 0.3) is 0 Å². The Balaban J connectivity index is 2.46. The summed E-state index contributed by atoms with van der Waals surface area (Å²) in [6.07, 6.45) is 0. The van der Waals surface area contributed by atoms with Crippen LogP contribution in [0.25, 0.3) is 5.69 Å². The number of carbonyl (C=O) groups is 1. The largest absolute Gasteiger partial charge is 0.497 e. The maximum atomic E-state index is 12.0. The lowest BCUT2D eigenvalue weighted by atomic mass is 10.2. The Morgan fingerprint density at radius 2 is 1.95 bits per heavy atom.